The van der Waals surface area contributed by atoms with Crippen LogP contribution in [0, 0.1) is 0 Å². The molecule has 0 amide bonds. The summed E-state index contributed by atoms with van der Waals surface area (Å²) < 4.78 is 5.34. The van der Waals surface area contributed by atoms with E-state index >= 15 is 0 Å². The predicted molar refractivity (Wildman–Crippen MR) is 67.2 cm³/mol. The Bertz CT molecular complexity index is 355. The van der Waals surface area contributed by atoms with Gasteiger partial charge in [-0.3, -0.25) is 4.79 Å². The first-order chi connectivity index (χ1) is 8.59. The van der Waals surface area contributed by atoms with E-state index < -0.39 is 18.1 Å². The van der Waals surface area contributed by atoms with E-state index in [0.29, 0.717) is 6.61 Å². The number of hydrogen-bond donors (Lipinski definition) is 3. The number of aliphatic carboxylic acids is 1. The normalized spacial score (nSPS) is 14.1. The second-order valence-electron chi connectivity index (χ2n) is 4.12. The Morgan fingerprint density at radius 2 is 2.06 bits per heavy atom. The van der Waals surface area contributed by atoms with Gasteiger partial charge in [0.25, 0.3) is 0 Å². The van der Waals surface area contributed by atoms with Crippen LogP contribution in [-0.4, -0.2) is 41.5 Å². The molecule has 0 heterocycles. The first-order valence-corrected chi connectivity index (χ1v) is 5.85. The molecule has 0 aliphatic heterocycles. The highest BCUT2D eigenvalue weighted by Crippen LogP contribution is 2.00. The third-order valence-corrected chi connectivity index (χ3v) is 2.45. The van der Waals surface area contributed by atoms with Crippen molar-refractivity contribution in [2.45, 2.75) is 25.7 Å². The third-order valence-electron chi connectivity index (χ3n) is 2.45. The lowest BCUT2D eigenvalue weighted by Crippen LogP contribution is -2.40. The van der Waals surface area contributed by atoms with E-state index in [1.165, 1.54) is 6.92 Å². The number of nitrogens with one attached hydrogen (secondary N) is 1. The van der Waals surface area contributed by atoms with Crippen molar-refractivity contribution in [1.82, 2.24) is 5.32 Å². The second kappa shape index (κ2) is 7.81. The van der Waals surface area contributed by atoms with E-state index in [4.69, 9.17) is 9.84 Å². The number of aliphatic hydroxyl groups excluding tert-OH is 1. The van der Waals surface area contributed by atoms with Gasteiger partial charge in [-0.1, -0.05) is 30.3 Å². The van der Waals surface area contributed by atoms with E-state index in [1.807, 2.05) is 30.3 Å². The van der Waals surface area contributed by atoms with Crippen molar-refractivity contribution in [2.24, 2.45) is 0 Å². The fraction of sp³-hybridized carbons (Fsp3) is 0.462. The number of carboxylic acid groups (broad SMARTS) is 1. The van der Waals surface area contributed by atoms with Crippen LogP contribution < -0.4 is 5.32 Å². The van der Waals surface area contributed by atoms with Crippen molar-refractivity contribution in [3.05, 3.63) is 35.9 Å². The number of rotatable bonds is 8. The molecule has 5 heteroatoms. The highest BCUT2D eigenvalue weighted by Gasteiger charge is 2.12. The zero-order chi connectivity index (χ0) is 13.4. The molecule has 3 N–H and O–H groups in total. The summed E-state index contributed by atoms with van der Waals surface area (Å²) in [5.74, 6) is -0.938. The summed E-state index contributed by atoms with van der Waals surface area (Å²) in [5, 5.41) is 20.9. The van der Waals surface area contributed by atoms with Gasteiger partial charge in [-0.05, 0) is 12.5 Å². The van der Waals surface area contributed by atoms with Crippen molar-refractivity contribution in [3.63, 3.8) is 0 Å². The largest absolute Gasteiger partial charge is 0.480 e. The lowest BCUT2D eigenvalue weighted by molar-refractivity contribution is -0.139. The maximum Gasteiger partial charge on any atom is 0.320 e. The van der Waals surface area contributed by atoms with Crippen LogP contribution in [0.15, 0.2) is 30.3 Å². The Morgan fingerprint density at radius 3 is 2.67 bits per heavy atom. The minimum atomic E-state index is -0.938. The van der Waals surface area contributed by atoms with Crippen LogP contribution in [0.1, 0.15) is 12.5 Å². The minimum Gasteiger partial charge on any atom is -0.480 e. The van der Waals surface area contributed by atoms with E-state index in [1.54, 1.807) is 0 Å². The van der Waals surface area contributed by atoms with Gasteiger partial charge in [-0.15, -0.1) is 0 Å². The van der Waals surface area contributed by atoms with Crippen molar-refractivity contribution < 1.29 is 19.7 Å². The zero-order valence-electron chi connectivity index (χ0n) is 10.4. The third kappa shape index (κ3) is 5.77. The second-order valence-corrected chi connectivity index (χ2v) is 4.12. The molecule has 0 saturated heterocycles. The first kappa shape index (κ1) is 14.6. The highest BCUT2D eigenvalue weighted by molar-refractivity contribution is 5.72. The van der Waals surface area contributed by atoms with Crippen LogP contribution in [0.2, 0.25) is 0 Å². The quantitative estimate of drug-likeness (QED) is 0.633. The molecule has 0 radical (unpaired) electrons. The van der Waals surface area contributed by atoms with E-state index in [-0.39, 0.29) is 13.2 Å². The fourth-order valence-corrected chi connectivity index (χ4v) is 1.35. The summed E-state index contributed by atoms with van der Waals surface area (Å²) in [6.45, 7) is 2.34. The summed E-state index contributed by atoms with van der Waals surface area (Å²) in [6.07, 6.45) is -0.712. The molecule has 1 rings (SSSR count). The number of carbonyl (C=O) groups is 1. The number of aliphatic hydroxyl groups is 1. The Kier molecular flexibility index (Phi) is 6.35. The molecule has 0 spiro atoms. The molecular formula is C13H19NO4. The highest BCUT2D eigenvalue weighted by atomic mass is 16.5. The van der Waals surface area contributed by atoms with Crippen LogP contribution in [-0.2, 0) is 16.1 Å². The standard InChI is InChI=1S/C13H19NO4/c1-10(13(16)17)14-7-12(15)9-18-8-11-5-3-2-4-6-11/h2-6,10,12,14-15H,7-9H2,1H3,(H,16,17). The molecule has 2 unspecified atom stereocenters. The molecule has 100 valence electrons. The zero-order valence-corrected chi connectivity index (χ0v) is 10.4. The van der Waals surface area contributed by atoms with Gasteiger partial charge in [-0.2, -0.15) is 0 Å². The fourth-order valence-electron chi connectivity index (χ4n) is 1.35. The smallest absolute Gasteiger partial charge is 0.320 e. The van der Waals surface area contributed by atoms with Gasteiger partial charge >= 0.3 is 5.97 Å². The molecule has 0 saturated carbocycles. The molecule has 1 aromatic carbocycles. The summed E-state index contributed by atoms with van der Waals surface area (Å²) in [4.78, 5) is 10.5. The Balaban J connectivity index is 2.14. The van der Waals surface area contributed by atoms with E-state index in [2.05, 4.69) is 5.32 Å². The van der Waals surface area contributed by atoms with E-state index in [0.717, 1.165) is 5.56 Å². The molecule has 0 bridgehead atoms. The number of ether oxygens (including phenoxy) is 1. The van der Waals surface area contributed by atoms with Crippen LogP contribution in [0.25, 0.3) is 0 Å². The summed E-state index contributed by atoms with van der Waals surface area (Å²) in [6, 6.07) is 8.98. The number of benzene rings is 1. The van der Waals surface area contributed by atoms with Crippen molar-refractivity contribution in [1.29, 1.82) is 0 Å². The lowest BCUT2D eigenvalue weighted by atomic mass is 10.2. The van der Waals surface area contributed by atoms with Gasteiger partial charge in [0.1, 0.15) is 6.04 Å². The van der Waals surface area contributed by atoms with E-state index in [9.17, 15) is 9.90 Å². The maximum absolute atomic E-state index is 10.5. The summed E-state index contributed by atoms with van der Waals surface area (Å²) in [7, 11) is 0. The number of hydrogen-bond acceptors (Lipinski definition) is 4. The van der Waals surface area contributed by atoms with Gasteiger partial charge in [-0.25, -0.2) is 0 Å². The minimum absolute atomic E-state index is 0.175. The maximum atomic E-state index is 10.5. The molecule has 0 aliphatic rings. The van der Waals surface area contributed by atoms with Gasteiger partial charge in [0.05, 0.1) is 19.3 Å². The Morgan fingerprint density at radius 1 is 1.39 bits per heavy atom. The molecule has 1 aromatic rings. The van der Waals surface area contributed by atoms with Gasteiger partial charge in [0.15, 0.2) is 0 Å². The monoisotopic (exact) mass is 253 g/mol. The average molecular weight is 253 g/mol. The summed E-state index contributed by atoms with van der Waals surface area (Å²) in [5.41, 5.74) is 1.04. The lowest BCUT2D eigenvalue weighted by Gasteiger charge is -2.14. The molecule has 0 aromatic heterocycles. The van der Waals surface area contributed by atoms with Crippen molar-refractivity contribution in [2.75, 3.05) is 13.2 Å². The van der Waals surface area contributed by atoms with Crippen LogP contribution in [0.3, 0.4) is 0 Å². The SMILES string of the molecule is CC(NCC(O)COCc1ccccc1)C(=O)O. The molecule has 0 fully saturated rings. The predicted octanol–water partition coefficient (Wildman–Crippen LogP) is 0.627. The van der Waals surface area contributed by atoms with Crippen LogP contribution in [0.4, 0.5) is 0 Å². The van der Waals surface area contributed by atoms with Gasteiger partial charge < -0.3 is 20.3 Å². The van der Waals surface area contributed by atoms with Crippen molar-refractivity contribution >= 4 is 5.97 Å². The Labute approximate surface area is 106 Å². The summed E-state index contributed by atoms with van der Waals surface area (Å²) >= 11 is 0. The van der Waals surface area contributed by atoms with Gasteiger partial charge in [0, 0.05) is 6.54 Å². The average Bonchev–Trinajstić information content (AvgIpc) is 2.37. The molecule has 2 atom stereocenters. The molecule has 5 nitrogen and oxygen atoms in total. The van der Waals surface area contributed by atoms with Crippen LogP contribution >= 0.6 is 0 Å². The molecule has 18 heavy (non-hydrogen) atoms. The molecular weight excluding hydrogens is 234 g/mol. The Hall–Kier alpha value is -1.43. The van der Waals surface area contributed by atoms with Crippen LogP contribution in [0.5, 0.6) is 0 Å². The van der Waals surface area contributed by atoms with Crippen molar-refractivity contribution in [3.8, 4) is 0 Å². The van der Waals surface area contributed by atoms with Gasteiger partial charge in [0.2, 0.25) is 0 Å². The molecule has 0 aliphatic carbocycles. The first-order valence-electron chi connectivity index (χ1n) is 5.85. The topological polar surface area (TPSA) is 78.8 Å². The number of carboxylic acids is 1.